The molecular weight excluding hydrogens is 1710 g/mol. The highest BCUT2D eigenvalue weighted by atomic mass is 16.8. The largest absolute Gasteiger partial charge is 0.394 e. The third kappa shape index (κ3) is 23.1. The summed E-state index contributed by atoms with van der Waals surface area (Å²) in [6, 6.07) is -9.77. The lowest BCUT2D eigenvalue weighted by atomic mass is 9.93. The van der Waals surface area contributed by atoms with Crippen molar-refractivity contribution < 1.29 is 247 Å². The summed E-state index contributed by atoms with van der Waals surface area (Å²) in [5.41, 5.74) is 0. The highest BCUT2D eigenvalue weighted by molar-refractivity contribution is 5.75. The Bertz CT molecular complexity index is 3420. The van der Waals surface area contributed by atoms with Gasteiger partial charge in [-0.05, 0) is 6.92 Å². The SMILES string of the molecule is CC(=O)N[C@@H]1[C@@H](O)[C@H](O[C@@H]2O[C@H](CO)[C@@H](O[C@@H]3O[C@H](CO[C@H]4O[C@H](CO)[C@@H](O)[C@H](O)[C@@H]4O[C@@H]4O[C@H](CO)[C@@H](O[C@@H]5O[C@H](CO)[C@H](O)[C@H](O)[C@H]5O)[C@H](O)[C@H]4NC(C)=O)[C@@H](O[C@@H]4O[C@H](CO)[C@@H](O)[C@H](O)[C@H]4NC(C)=O)[C@H](O[C@H]4O[C@H](CO)[C@@H](O)[C@H](O)[C@@H]4O[C@@H]4O[C@H](CO)[C@@H](O)[C@H](O)[C@H]4NC(C)=O)[C@@H]3O)[C@H](O)[C@H]2NC(C)=O)[C@@H](CO[C@H]2O[C@H](C)[C@H](O)[C@H](O)[C@H]2O)O[C@H]1O. The molecule has 0 radical (unpaired) electrons. The summed E-state index contributed by atoms with van der Waals surface area (Å²) < 4.78 is 116. The predicted octanol–water partition coefficient (Wildman–Crippen LogP) is -21.1. The van der Waals surface area contributed by atoms with Gasteiger partial charge in [-0.3, -0.25) is 24.0 Å². The number of nitrogens with one attached hydrogen (secondary N) is 5. The first-order chi connectivity index (χ1) is 59.1. The number of rotatable bonds is 32. The molecule has 0 aromatic rings. The van der Waals surface area contributed by atoms with Gasteiger partial charge in [0.05, 0.1) is 65.6 Å². The van der Waals surface area contributed by atoms with Crippen LogP contribution in [0.1, 0.15) is 41.5 Å². The highest BCUT2D eigenvalue weighted by Gasteiger charge is 2.62. The molecule has 0 saturated carbocycles. The van der Waals surface area contributed by atoms with Gasteiger partial charge in [0.25, 0.3) is 0 Å². The molecule has 0 aliphatic carbocycles. The fraction of sp³-hybridized carbons (Fsp3) is 0.929. The second-order valence-electron chi connectivity index (χ2n) is 31.7. The second-order valence-corrected chi connectivity index (χ2v) is 31.7. The molecule has 0 unspecified atom stereocenters. The van der Waals surface area contributed by atoms with E-state index in [0.29, 0.717) is 0 Å². The number of ether oxygens (including phenoxy) is 19. The molecule has 55 heteroatoms. The van der Waals surface area contributed by atoms with Crippen molar-refractivity contribution in [1.29, 1.82) is 0 Å². The van der Waals surface area contributed by atoms with Gasteiger partial charge in [-0.1, -0.05) is 0 Å². The van der Waals surface area contributed by atoms with Gasteiger partial charge in [-0.15, -0.1) is 0 Å². The van der Waals surface area contributed by atoms with Crippen LogP contribution in [0, 0.1) is 0 Å². The molecule has 0 spiro atoms. The molecule has 50 atom stereocenters. The predicted molar refractivity (Wildman–Crippen MR) is 386 cm³/mol. The fourth-order valence-corrected chi connectivity index (χ4v) is 16.2. The first-order valence-electron chi connectivity index (χ1n) is 40.0. The topological polar surface area (TPSA) is 847 Å². The number of aliphatic hydroxyl groups excluding tert-OH is 26. The van der Waals surface area contributed by atoms with Crippen LogP contribution in [0.2, 0.25) is 0 Å². The minimum atomic E-state index is -2.75. The van der Waals surface area contributed by atoms with E-state index in [4.69, 9.17) is 90.0 Å². The molecule has 0 aromatic heterocycles. The lowest BCUT2D eigenvalue weighted by molar-refractivity contribution is -0.407. The first kappa shape index (κ1) is 103. The van der Waals surface area contributed by atoms with E-state index < -0.39 is 396 Å². The Balaban J connectivity index is 1.07. The van der Waals surface area contributed by atoms with Crippen molar-refractivity contribution in [3.05, 3.63) is 0 Å². The molecule has 125 heavy (non-hydrogen) atoms. The molecule has 31 N–H and O–H groups in total. The summed E-state index contributed by atoms with van der Waals surface area (Å²) in [6.45, 7) is -4.42. The van der Waals surface area contributed by atoms with Crippen LogP contribution in [-0.4, -0.2) is 529 Å². The van der Waals surface area contributed by atoms with Crippen molar-refractivity contribution in [3.8, 4) is 0 Å². The Morgan fingerprint density at radius 2 is 0.488 bits per heavy atom. The number of hydrogen-bond acceptors (Lipinski definition) is 50. The Morgan fingerprint density at radius 3 is 0.904 bits per heavy atom. The van der Waals surface area contributed by atoms with Crippen molar-refractivity contribution in [2.45, 2.75) is 348 Å². The fourth-order valence-electron chi connectivity index (χ4n) is 16.2. The molecule has 722 valence electrons. The van der Waals surface area contributed by atoms with Crippen LogP contribution in [0.5, 0.6) is 0 Å². The van der Waals surface area contributed by atoms with Crippen LogP contribution in [0.15, 0.2) is 0 Å². The Kier molecular flexibility index (Phi) is 36.8. The zero-order valence-electron chi connectivity index (χ0n) is 67.7. The number of amides is 5. The summed E-state index contributed by atoms with van der Waals surface area (Å²) in [4.78, 5) is 65.0. The van der Waals surface area contributed by atoms with Crippen LogP contribution in [0.3, 0.4) is 0 Å². The Hall–Kier alpha value is -4.45. The average molecular weight is 1830 g/mol. The summed E-state index contributed by atoms with van der Waals surface area (Å²) in [5.74, 6) is -4.79. The summed E-state index contributed by atoms with van der Waals surface area (Å²) in [7, 11) is 0. The number of aliphatic hydroxyl groups is 26. The van der Waals surface area contributed by atoms with Crippen LogP contribution < -0.4 is 26.6 Å². The van der Waals surface area contributed by atoms with E-state index in [0.717, 1.165) is 34.6 Å². The van der Waals surface area contributed by atoms with Gasteiger partial charge in [0.2, 0.25) is 29.5 Å². The molecule has 55 nitrogen and oxygen atoms in total. The quantitative estimate of drug-likeness (QED) is 0.0297. The van der Waals surface area contributed by atoms with Gasteiger partial charge < -0.3 is 249 Å². The van der Waals surface area contributed by atoms with Crippen molar-refractivity contribution >= 4 is 29.5 Å². The van der Waals surface area contributed by atoms with E-state index in [9.17, 15) is 157 Å². The van der Waals surface area contributed by atoms with Crippen molar-refractivity contribution in [3.63, 3.8) is 0 Å². The first-order valence-corrected chi connectivity index (χ1v) is 40.0. The monoisotopic (exact) mass is 1830 g/mol. The molecule has 10 aliphatic heterocycles. The molecule has 0 bridgehead atoms. The summed E-state index contributed by atoms with van der Waals surface area (Å²) >= 11 is 0. The smallest absolute Gasteiger partial charge is 0.217 e. The van der Waals surface area contributed by atoms with E-state index in [1.165, 1.54) is 6.92 Å². The molecule has 10 saturated heterocycles. The molecule has 10 fully saturated rings. The maximum atomic E-state index is 13.4. The second kappa shape index (κ2) is 44.9. The average Bonchev–Trinajstić information content (AvgIpc) is 0.760. The zero-order chi connectivity index (χ0) is 92.1. The van der Waals surface area contributed by atoms with E-state index in [1.807, 2.05) is 0 Å². The van der Waals surface area contributed by atoms with E-state index in [2.05, 4.69) is 26.6 Å². The van der Waals surface area contributed by atoms with Crippen molar-refractivity contribution in [2.24, 2.45) is 0 Å². The van der Waals surface area contributed by atoms with Gasteiger partial charge in [0.15, 0.2) is 62.9 Å². The third-order valence-corrected chi connectivity index (χ3v) is 22.8. The van der Waals surface area contributed by atoms with Crippen molar-refractivity contribution in [2.75, 3.05) is 59.5 Å². The number of hydrogen-bond donors (Lipinski definition) is 31. The van der Waals surface area contributed by atoms with Crippen LogP contribution in [0.4, 0.5) is 0 Å². The van der Waals surface area contributed by atoms with Crippen LogP contribution in [-0.2, 0) is 114 Å². The molecule has 10 heterocycles. The van der Waals surface area contributed by atoms with Gasteiger partial charge >= 0.3 is 0 Å². The molecule has 5 amide bonds. The Morgan fingerprint density at radius 1 is 0.224 bits per heavy atom. The third-order valence-electron chi connectivity index (χ3n) is 22.8. The lowest BCUT2D eigenvalue weighted by Gasteiger charge is -2.52. The normalized spacial score (nSPS) is 48.7. The van der Waals surface area contributed by atoms with Gasteiger partial charge in [-0.25, -0.2) is 0 Å². The maximum Gasteiger partial charge on any atom is 0.217 e. The summed E-state index contributed by atoms with van der Waals surface area (Å²) in [6.07, 6.45) is -95.8. The van der Waals surface area contributed by atoms with E-state index in [-0.39, 0.29) is 0 Å². The van der Waals surface area contributed by atoms with E-state index in [1.54, 1.807) is 0 Å². The van der Waals surface area contributed by atoms with E-state index >= 15 is 0 Å². The number of carbonyl (C=O) groups is 5. The minimum absolute atomic E-state index is 0.863. The molecule has 0 aromatic carbocycles. The summed E-state index contributed by atoms with van der Waals surface area (Å²) in [5, 5.41) is 305. The zero-order valence-corrected chi connectivity index (χ0v) is 67.7. The van der Waals surface area contributed by atoms with Gasteiger partial charge in [-0.2, -0.15) is 0 Å². The van der Waals surface area contributed by atoms with Crippen LogP contribution in [0.25, 0.3) is 0 Å². The van der Waals surface area contributed by atoms with Crippen molar-refractivity contribution in [1.82, 2.24) is 26.6 Å². The molecular formula is C70H117N5O50. The molecule has 10 rings (SSSR count). The lowest BCUT2D eigenvalue weighted by Crippen LogP contribution is -2.71. The van der Waals surface area contributed by atoms with Gasteiger partial charge in [0.1, 0.15) is 238 Å². The Labute approximate surface area is 708 Å². The number of carbonyl (C=O) groups excluding carboxylic acids is 5. The standard InChI is InChI=1S/C70H117N5O50/c1-16-36(88)47(99)51(103)66(109-16)107-14-29-56(44(96)31(61(106)110-29)71-17(2)83)119-64-34(74-20(5)86)45(97)55(28(13-82)116-64)121-68-53(105)58(123-70-60(50(102)41(93)26(11-80)115-70)125-63-33(73-19(4)85)43(95)38(90)23(8-77)112-63)57(122-62-32(72-18(3)84)42(94)37(89)22(7-76)111-62)30(118-68)15-108-69-59(49(101)40(92)25(10-79)114-69)124-65-35(75-21(6)87)46(98)54(27(12-81)117-65)120-67-52(104)48(100)39(91)24(9-78)113-67/h16,22-70,76-82,88-106H,7-15H2,1-6H3,(H,71,83)(H,72,84)(H,73,85)(H,74,86)(H,75,87)/t16-,22-,23-,24-,25-,26-,27-,28-,29-,30-,31-,32-,33-,34-,35-,36+,37-,38-,39+,40-,41-,42-,43-,44-,45-,46-,47+,48+,49+,50+,51-,52-,53+,54-,55-,56-,57-,58-,59+,60+,61-,62+,63+,64+,65+,66+,67+,68+,69+,70-/m1/s1. The van der Waals surface area contributed by atoms with Crippen LogP contribution >= 0.6 is 0 Å². The maximum absolute atomic E-state index is 13.4. The minimum Gasteiger partial charge on any atom is -0.394 e. The van der Waals surface area contributed by atoms with Gasteiger partial charge in [0, 0.05) is 34.6 Å². The molecule has 10 aliphatic rings. The highest BCUT2D eigenvalue weighted by Crippen LogP contribution is 2.41.